The van der Waals surface area contributed by atoms with Crippen molar-refractivity contribution >= 4 is 116 Å². The van der Waals surface area contributed by atoms with Crippen molar-refractivity contribution in [2.24, 2.45) is 41.1 Å². The number of benzene rings is 5. The summed E-state index contributed by atoms with van der Waals surface area (Å²) in [7, 11) is 4.46. The fraction of sp³-hybridized carbons (Fsp3) is 0.505. The number of carbonyl (C=O) groups excluding carboxylic acids is 10. The van der Waals surface area contributed by atoms with Crippen LogP contribution in [0, 0.1) is 35.0 Å². The molecule has 6 aliphatic rings. The van der Waals surface area contributed by atoms with Gasteiger partial charge in [-0.25, -0.2) is 0 Å². The number of nitrogens with one attached hydrogen (secondary N) is 12. The van der Waals surface area contributed by atoms with Gasteiger partial charge in [-0.2, -0.15) is 23.5 Å². The smallest absolute Gasteiger partial charge is 0.242 e. The maximum atomic E-state index is 15.8. The zero-order valence-electron chi connectivity index (χ0n) is 78.2. The van der Waals surface area contributed by atoms with E-state index in [9.17, 15) is 24.3 Å². The Bertz CT molecular complexity index is 5420. The van der Waals surface area contributed by atoms with Crippen molar-refractivity contribution in [3.8, 4) is 0 Å². The van der Waals surface area contributed by atoms with Gasteiger partial charge in [0.25, 0.3) is 0 Å². The monoisotopic (exact) mass is 1880 g/mol. The number of thioether (sulfide) groups is 2. The van der Waals surface area contributed by atoms with Crippen molar-refractivity contribution in [3.05, 3.63) is 214 Å². The number of aromatic amines is 2. The highest BCUT2D eigenvalue weighted by molar-refractivity contribution is 8.00. The number of amides is 7. The van der Waals surface area contributed by atoms with Crippen LogP contribution in [0.25, 0.3) is 27.4 Å². The van der Waals surface area contributed by atoms with Crippen molar-refractivity contribution in [1.82, 2.24) is 72.6 Å². The van der Waals surface area contributed by atoms with Gasteiger partial charge in [0.05, 0.1) is 47.7 Å². The van der Waals surface area contributed by atoms with Gasteiger partial charge in [0, 0.05) is 153 Å². The van der Waals surface area contributed by atoms with E-state index in [1.54, 1.807) is 54.2 Å². The molecule has 3 aliphatic heterocycles. The Morgan fingerprint density at radius 2 is 1.16 bits per heavy atom. The highest BCUT2D eigenvalue weighted by Crippen LogP contribution is 2.50. The minimum absolute atomic E-state index is 0.00929. The van der Waals surface area contributed by atoms with E-state index in [2.05, 4.69) is 135 Å². The summed E-state index contributed by atoms with van der Waals surface area (Å²) in [4.78, 5) is 168. The maximum Gasteiger partial charge on any atom is 0.242 e. The predicted octanol–water partition coefficient (Wildman–Crippen LogP) is 9.36. The van der Waals surface area contributed by atoms with E-state index < -0.39 is 126 Å². The number of aliphatic hydroxyl groups is 1. The molecule has 0 unspecified atom stereocenters. The number of unbranched alkanes of at least 4 members (excludes halogenated alkanes) is 2. The van der Waals surface area contributed by atoms with E-state index in [0.717, 1.165) is 73.1 Å². The number of piperidine rings is 2. The van der Waals surface area contributed by atoms with Crippen LogP contribution in [-0.4, -0.2) is 232 Å². The number of aromatic nitrogens is 3. The molecule has 28 nitrogen and oxygen atoms in total. The van der Waals surface area contributed by atoms with Gasteiger partial charge in [-0.1, -0.05) is 115 Å². The molecule has 16 atom stereocenters. The van der Waals surface area contributed by atoms with Crippen LogP contribution >= 0.6 is 23.5 Å². The van der Waals surface area contributed by atoms with E-state index in [-0.39, 0.29) is 101 Å². The lowest BCUT2D eigenvalue weighted by Crippen LogP contribution is -2.54. The summed E-state index contributed by atoms with van der Waals surface area (Å²) < 4.78 is 0. The van der Waals surface area contributed by atoms with Crippen molar-refractivity contribution in [2.45, 2.75) is 221 Å². The van der Waals surface area contributed by atoms with E-state index in [1.807, 2.05) is 84.9 Å². The number of H-pyrrole nitrogens is 2. The second-order valence-electron chi connectivity index (χ2n) is 38.4. The van der Waals surface area contributed by atoms with Crippen LogP contribution in [0.2, 0.25) is 0 Å². The molecule has 0 saturated carbocycles. The summed E-state index contributed by atoms with van der Waals surface area (Å²) in [6.45, 7) is 4.28. The van der Waals surface area contributed by atoms with Crippen LogP contribution in [0.5, 0.6) is 0 Å². The van der Waals surface area contributed by atoms with Gasteiger partial charge in [-0.3, -0.25) is 58.3 Å². The number of hydrogen-bond donors (Lipinski definition) is 15. The molecule has 17 N–H and O–H groups in total. The van der Waals surface area contributed by atoms with Gasteiger partial charge in [0.15, 0.2) is 23.3 Å². The Morgan fingerprint density at radius 1 is 0.570 bits per heavy atom. The second-order valence-corrected chi connectivity index (χ2v) is 40.5. The minimum atomic E-state index is -1.42. The van der Waals surface area contributed by atoms with Crippen LogP contribution in [0.1, 0.15) is 178 Å². The number of nitrogens with zero attached hydrogens (tertiary/aromatic N) is 3. The van der Waals surface area contributed by atoms with E-state index >= 15 is 28.8 Å². The topological polar surface area (TPSA) is 426 Å². The molecule has 720 valence electrons. The molecular weight excluding hydrogens is 1740 g/mol. The lowest BCUT2D eigenvalue weighted by Gasteiger charge is -2.46. The van der Waals surface area contributed by atoms with Crippen LogP contribution in [0.15, 0.2) is 164 Å². The van der Waals surface area contributed by atoms with E-state index in [1.165, 1.54) is 45.7 Å². The number of pyridine rings is 1. The predicted molar refractivity (Wildman–Crippen MR) is 532 cm³/mol. The van der Waals surface area contributed by atoms with Crippen molar-refractivity contribution in [1.29, 1.82) is 5.41 Å². The Balaban J connectivity index is 0.729. The number of likely N-dealkylation sites (N-methyl/N-ethyl adjacent to an activating group) is 2. The minimum Gasteiger partial charge on any atom is -0.393 e. The lowest BCUT2D eigenvalue weighted by atomic mass is 9.70. The SMILES string of the molecule is C[C@@H](O)[C@@H]1CC(=O)[C@H](CCCCN)NC(=O)[C@@H](Cc2c[nH]c3ccccc23)CC(=O)[C@H](Cc2ccncc2)NC(=O)[C@H](Cc2ccccc2)CC(=O)[C@H](CCCNC(=N)N)NC(=O)[C@H](NC[C@H](CCCCNC(=O)CSC[C@@H]2C[C@@H]3c4cccc5c4C(=CC5)C[C@H]3N(C)C2)NC(=O)CSC[C@@H]2C[C@@H]3c4cccc5[nH]cc(c45)C[C@H]3N(C)C2)CCCCNC(=O)[C@H](Cc2ccccc2)NC1=O. The first-order valence-corrected chi connectivity index (χ1v) is 51.1. The molecule has 8 aromatic rings. The number of Topliss-reactive ketones (excluding diaryl/α,β-unsaturated/α-hetero) is 3. The molecule has 0 spiro atoms. The summed E-state index contributed by atoms with van der Waals surface area (Å²) in [5.41, 5.74) is 25.1. The summed E-state index contributed by atoms with van der Waals surface area (Å²) in [5.74, 6) is -5.35. The number of nitrogens with two attached hydrogens (primary N) is 2. The van der Waals surface area contributed by atoms with Gasteiger partial charge in [-0.05, 0) is 253 Å². The fourth-order valence-corrected chi connectivity index (χ4v) is 23.3. The molecule has 30 heteroatoms. The number of carbonyl (C=O) groups is 10. The number of allylic oxidation sites excluding steroid dienone is 1. The largest absolute Gasteiger partial charge is 0.393 e. The summed E-state index contributed by atoms with van der Waals surface area (Å²) in [6, 6.07) is 36.8. The molecule has 0 radical (unpaired) electrons. The summed E-state index contributed by atoms with van der Waals surface area (Å²) in [5, 5.41) is 49.7. The fourth-order valence-electron chi connectivity index (χ4n) is 21.4. The molecule has 5 aromatic carbocycles. The van der Waals surface area contributed by atoms with Crippen LogP contribution < -0.4 is 59.3 Å². The quantitative estimate of drug-likeness (QED) is 0.0101. The van der Waals surface area contributed by atoms with Gasteiger partial charge in [0.1, 0.15) is 6.04 Å². The maximum absolute atomic E-state index is 15.8. The molecule has 0 bridgehead atoms. The van der Waals surface area contributed by atoms with Crippen molar-refractivity contribution in [2.75, 3.05) is 82.9 Å². The van der Waals surface area contributed by atoms with Gasteiger partial charge in [0.2, 0.25) is 41.4 Å². The Morgan fingerprint density at radius 3 is 1.88 bits per heavy atom. The average molecular weight is 1880 g/mol. The highest BCUT2D eigenvalue weighted by atomic mass is 32.2. The number of fused-ring (bicyclic) bond motifs is 5. The number of aliphatic hydroxyl groups excluding tert-OH is 1. The van der Waals surface area contributed by atoms with E-state index in [0.29, 0.717) is 115 Å². The number of rotatable bonds is 34. The lowest BCUT2D eigenvalue weighted by molar-refractivity contribution is -0.137. The first-order chi connectivity index (χ1) is 65.5. The van der Waals surface area contributed by atoms with Gasteiger partial charge in [-0.15, -0.1) is 0 Å². The van der Waals surface area contributed by atoms with Crippen molar-refractivity contribution < 1.29 is 53.1 Å². The van der Waals surface area contributed by atoms with Gasteiger partial charge < -0.3 is 84.2 Å². The Labute approximate surface area is 801 Å². The number of guanidine groups is 1. The number of para-hydroxylation sites is 1. The number of likely N-dealkylation sites (tertiary alicyclic amines) is 2. The molecule has 3 fully saturated rings. The molecule has 135 heavy (non-hydrogen) atoms. The number of hydrogen-bond acceptors (Lipinski definition) is 19. The third-order valence-electron chi connectivity index (χ3n) is 28.5. The third kappa shape index (κ3) is 27.5. The molecule has 14 rings (SSSR count). The van der Waals surface area contributed by atoms with Crippen LogP contribution in [-0.2, 0) is 86.5 Å². The zero-order valence-corrected chi connectivity index (χ0v) is 79.8. The average Bonchev–Trinajstić information content (AvgIpc) is 1.67. The first kappa shape index (κ1) is 100. The van der Waals surface area contributed by atoms with Gasteiger partial charge >= 0.3 is 0 Å². The van der Waals surface area contributed by atoms with Crippen LogP contribution in [0.4, 0.5) is 0 Å². The zero-order chi connectivity index (χ0) is 94.9. The molecular formula is C105H137N17O11S2. The molecule has 3 aromatic heterocycles. The third-order valence-corrected chi connectivity index (χ3v) is 30.8. The number of ketones is 3. The van der Waals surface area contributed by atoms with Crippen molar-refractivity contribution in [3.63, 3.8) is 0 Å². The summed E-state index contributed by atoms with van der Waals surface area (Å²) in [6.07, 6.45) is 15.4. The molecule has 7 amide bonds. The standard InChI is InChI=1S/C105H137N17O11S2/c1-65(123)81-55-95(126)85(31-12-15-39-106)117-101(130)74(50-75-56-113-84-30-11-10-27-78(75)84)54-94(125)89(48-68-37-43-109-44-38-68)119-100(129)73(45-66-21-6-4-7-22-66)53-93(124)86(34-20-42-112-105(107)108)118-104(133)88(32-14-17-41-111-103(132)90(120-102(81)131)49-67-23-8-5-9-24-67)115-58-77(116-97(128)64-135-62-70-47-83-80-29-19-33-87-99(80)76(57-114-87)52-92(83)122(3)60-70)26-13-16-40-110-96(127)63-134-61-69-46-82-79-28-18-25-71-35-36-72(98(71)79)51-91(82)121(2)59-69/h4-11,18-19,21-25,27-30,33,36-38,43-44,56-57,65,69-70,73-74,77,81-83,85-86,88-92,113-115,123H,12-17,20,26,31-32,34-35,39-42,45-55,58-64,106H2,1-3H3,(H,110,127)(H,111,132)(H,116,128)(H,117,130)(H,118,133)(H,119,129)(H,120,131)(H4,107,108,112)/t65-,69-,70-,73-,74+,77+,81+,82-,83-,85+,86+,88-,89+,90+,91-,92-/m1/s1. The summed E-state index contributed by atoms with van der Waals surface area (Å²) >= 11 is 3.29. The molecule has 3 saturated heterocycles. The first-order valence-electron chi connectivity index (χ1n) is 48.8. The Kier molecular flexibility index (Phi) is 36.5. The molecule has 6 heterocycles. The Hall–Kier alpha value is -10.9. The second kappa shape index (κ2) is 49.2. The highest BCUT2D eigenvalue weighted by Gasteiger charge is 2.44. The van der Waals surface area contributed by atoms with E-state index in [4.69, 9.17) is 16.9 Å². The normalized spacial score (nSPS) is 24.8. The molecule has 3 aliphatic carbocycles. The van der Waals surface area contributed by atoms with Crippen LogP contribution in [0.3, 0.4) is 0 Å².